The van der Waals surface area contributed by atoms with E-state index in [9.17, 15) is 4.79 Å². The summed E-state index contributed by atoms with van der Waals surface area (Å²) in [5, 5.41) is 17.0. The van der Waals surface area contributed by atoms with Gasteiger partial charge in [-0.15, -0.1) is 5.10 Å². The Labute approximate surface area is 163 Å². The standard InChI is InChI=1S/C18H26N8O2/c1-28-14-8-12(7-13(9-14)26-11-20-24-25-26)21-18(27)19-10-17-15-5-3-2-4-6-16(15)22-23-17/h7-9,11,15-17,22-23H,2-6,10H2,1H3,(H2,19,21,27). The minimum Gasteiger partial charge on any atom is -0.497 e. The van der Waals surface area contributed by atoms with Crippen LogP contribution in [0.2, 0.25) is 0 Å². The SMILES string of the molecule is COc1cc(NC(=O)NCC2NNC3CCCCCC32)cc(-n2cnnn2)c1. The fourth-order valence-electron chi connectivity index (χ4n) is 4.08. The summed E-state index contributed by atoms with van der Waals surface area (Å²) >= 11 is 0. The van der Waals surface area contributed by atoms with Crippen LogP contribution in [-0.2, 0) is 0 Å². The Morgan fingerprint density at radius 3 is 2.96 bits per heavy atom. The normalized spacial score (nSPS) is 24.2. The van der Waals surface area contributed by atoms with Crippen LogP contribution in [0, 0.1) is 5.92 Å². The zero-order valence-electron chi connectivity index (χ0n) is 15.9. The number of methoxy groups -OCH3 is 1. The van der Waals surface area contributed by atoms with Crippen LogP contribution in [0.3, 0.4) is 0 Å². The maximum absolute atomic E-state index is 12.4. The van der Waals surface area contributed by atoms with Gasteiger partial charge in [-0.3, -0.25) is 10.9 Å². The second-order valence-electron chi connectivity index (χ2n) is 7.31. The molecule has 0 radical (unpaired) electrons. The number of nitrogens with one attached hydrogen (secondary N) is 4. The van der Waals surface area contributed by atoms with Crippen LogP contribution in [0.25, 0.3) is 5.69 Å². The first-order valence-corrected chi connectivity index (χ1v) is 9.71. The number of hydrogen-bond acceptors (Lipinski definition) is 7. The Kier molecular flexibility index (Phi) is 5.68. The second-order valence-corrected chi connectivity index (χ2v) is 7.31. The number of aromatic nitrogens is 4. The summed E-state index contributed by atoms with van der Waals surface area (Å²) in [5.41, 5.74) is 8.05. The van der Waals surface area contributed by atoms with E-state index in [1.54, 1.807) is 25.3 Å². The summed E-state index contributed by atoms with van der Waals surface area (Å²) in [6, 6.07) is 5.83. The number of rotatable bonds is 5. The lowest BCUT2D eigenvalue weighted by Gasteiger charge is -2.21. The van der Waals surface area contributed by atoms with E-state index >= 15 is 0 Å². The summed E-state index contributed by atoms with van der Waals surface area (Å²) < 4.78 is 6.82. The minimum atomic E-state index is -0.255. The Morgan fingerprint density at radius 2 is 2.14 bits per heavy atom. The van der Waals surface area contributed by atoms with Crippen molar-refractivity contribution in [2.45, 2.75) is 44.2 Å². The first-order valence-electron chi connectivity index (χ1n) is 9.71. The number of benzene rings is 1. The lowest BCUT2D eigenvalue weighted by atomic mass is 9.90. The lowest BCUT2D eigenvalue weighted by Crippen LogP contribution is -2.43. The molecule has 4 N–H and O–H groups in total. The molecule has 1 saturated heterocycles. The van der Waals surface area contributed by atoms with E-state index in [-0.39, 0.29) is 12.1 Å². The Bertz CT molecular complexity index is 797. The monoisotopic (exact) mass is 386 g/mol. The summed E-state index contributed by atoms with van der Waals surface area (Å²) in [6.07, 6.45) is 7.72. The summed E-state index contributed by atoms with van der Waals surface area (Å²) in [5.74, 6) is 1.16. The third kappa shape index (κ3) is 4.23. The first kappa shape index (κ1) is 18.6. The molecule has 28 heavy (non-hydrogen) atoms. The number of anilines is 1. The molecule has 150 valence electrons. The molecule has 3 unspecified atom stereocenters. The highest BCUT2D eigenvalue weighted by atomic mass is 16.5. The van der Waals surface area contributed by atoms with E-state index in [0.717, 1.165) is 0 Å². The van der Waals surface area contributed by atoms with Gasteiger partial charge in [0.15, 0.2) is 0 Å². The third-order valence-corrected chi connectivity index (χ3v) is 5.52. The predicted octanol–water partition coefficient (Wildman–Crippen LogP) is 1.22. The van der Waals surface area contributed by atoms with E-state index in [1.165, 1.54) is 43.1 Å². The number of fused-ring (bicyclic) bond motifs is 1. The summed E-state index contributed by atoms with van der Waals surface area (Å²) in [6.45, 7) is 0.573. The molecule has 2 amide bonds. The number of carbonyl (C=O) groups excluding carboxylic acids is 1. The largest absolute Gasteiger partial charge is 0.497 e. The van der Waals surface area contributed by atoms with Gasteiger partial charge in [0.1, 0.15) is 12.1 Å². The van der Waals surface area contributed by atoms with Crippen LogP contribution in [0.15, 0.2) is 24.5 Å². The van der Waals surface area contributed by atoms with Gasteiger partial charge in [0, 0.05) is 36.4 Å². The molecule has 2 aromatic rings. The highest BCUT2D eigenvalue weighted by Crippen LogP contribution is 2.29. The van der Waals surface area contributed by atoms with Crippen molar-refractivity contribution in [2.75, 3.05) is 19.0 Å². The molecule has 3 atom stereocenters. The molecule has 2 fully saturated rings. The van der Waals surface area contributed by atoms with Gasteiger partial charge in [-0.1, -0.05) is 19.3 Å². The minimum absolute atomic E-state index is 0.246. The molecule has 1 aromatic heterocycles. The maximum atomic E-state index is 12.4. The van der Waals surface area contributed by atoms with E-state index in [1.807, 2.05) is 0 Å². The summed E-state index contributed by atoms with van der Waals surface area (Å²) in [4.78, 5) is 12.4. The number of tetrazole rings is 1. The average Bonchev–Trinajstić information content (AvgIpc) is 3.31. The molecule has 1 aliphatic heterocycles. The zero-order chi connectivity index (χ0) is 19.3. The summed E-state index contributed by atoms with van der Waals surface area (Å²) in [7, 11) is 1.57. The quantitative estimate of drug-likeness (QED) is 0.610. The highest BCUT2D eigenvalue weighted by Gasteiger charge is 2.36. The molecule has 1 aromatic carbocycles. The van der Waals surface area contributed by atoms with Crippen LogP contribution >= 0.6 is 0 Å². The number of carbonyl (C=O) groups is 1. The van der Waals surface area contributed by atoms with E-state index in [4.69, 9.17) is 4.74 Å². The molecule has 0 spiro atoms. The van der Waals surface area contributed by atoms with Crippen molar-refractivity contribution in [1.29, 1.82) is 0 Å². The predicted molar refractivity (Wildman–Crippen MR) is 103 cm³/mol. The van der Waals surface area contributed by atoms with Gasteiger partial charge < -0.3 is 15.4 Å². The highest BCUT2D eigenvalue weighted by molar-refractivity contribution is 5.89. The molecule has 2 heterocycles. The van der Waals surface area contributed by atoms with Gasteiger partial charge in [0.05, 0.1) is 12.8 Å². The number of amides is 2. The van der Waals surface area contributed by atoms with Gasteiger partial charge in [0.2, 0.25) is 0 Å². The molecule has 10 heteroatoms. The average molecular weight is 386 g/mol. The van der Waals surface area contributed by atoms with Crippen LogP contribution in [0.5, 0.6) is 5.75 Å². The fourth-order valence-corrected chi connectivity index (χ4v) is 4.08. The van der Waals surface area contributed by atoms with E-state index < -0.39 is 0 Å². The smallest absolute Gasteiger partial charge is 0.319 e. The van der Waals surface area contributed by atoms with Crippen molar-refractivity contribution in [3.63, 3.8) is 0 Å². The van der Waals surface area contributed by atoms with Crippen molar-refractivity contribution >= 4 is 11.7 Å². The molecular weight excluding hydrogens is 360 g/mol. The Balaban J connectivity index is 1.36. The van der Waals surface area contributed by atoms with E-state index in [2.05, 4.69) is 37.0 Å². The fraction of sp³-hybridized carbons (Fsp3) is 0.556. The molecule has 1 aliphatic carbocycles. The number of hydrogen-bond donors (Lipinski definition) is 4. The number of hydrazine groups is 1. The second kappa shape index (κ2) is 8.53. The van der Waals surface area contributed by atoms with Gasteiger partial charge in [0.25, 0.3) is 0 Å². The maximum Gasteiger partial charge on any atom is 0.319 e. The molecule has 4 rings (SSSR count). The molecule has 1 saturated carbocycles. The lowest BCUT2D eigenvalue weighted by molar-refractivity contribution is 0.249. The topological polar surface area (TPSA) is 118 Å². The van der Waals surface area contributed by atoms with Crippen LogP contribution in [0.1, 0.15) is 32.1 Å². The van der Waals surface area contributed by atoms with Gasteiger partial charge in [-0.05, 0) is 35.3 Å². The molecule has 2 aliphatic rings. The van der Waals surface area contributed by atoms with Crippen molar-refractivity contribution in [2.24, 2.45) is 5.92 Å². The Morgan fingerprint density at radius 1 is 1.25 bits per heavy atom. The molecule has 10 nitrogen and oxygen atoms in total. The third-order valence-electron chi connectivity index (χ3n) is 5.52. The van der Waals surface area contributed by atoms with Crippen LogP contribution < -0.4 is 26.2 Å². The number of urea groups is 1. The molecule has 0 bridgehead atoms. The van der Waals surface area contributed by atoms with Crippen LogP contribution in [0.4, 0.5) is 10.5 Å². The van der Waals surface area contributed by atoms with Gasteiger partial charge >= 0.3 is 6.03 Å². The molecular formula is C18H26N8O2. The van der Waals surface area contributed by atoms with Crippen molar-refractivity contribution < 1.29 is 9.53 Å². The van der Waals surface area contributed by atoms with Gasteiger partial charge in [-0.25, -0.2) is 9.48 Å². The van der Waals surface area contributed by atoms with E-state index in [0.29, 0.717) is 35.6 Å². The first-order chi connectivity index (χ1) is 13.7. The Hall–Kier alpha value is -2.72. The van der Waals surface area contributed by atoms with Crippen LogP contribution in [-0.4, -0.2) is 52.0 Å². The number of ether oxygens (including phenoxy) is 1. The van der Waals surface area contributed by atoms with Crippen molar-refractivity contribution in [3.05, 3.63) is 24.5 Å². The zero-order valence-corrected chi connectivity index (χ0v) is 15.9. The van der Waals surface area contributed by atoms with Crippen molar-refractivity contribution in [1.82, 2.24) is 36.4 Å². The van der Waals surface area contributed by atoms with Crippen molar-refractivity contribution in [3.8, 4) is 11.4 Å². The van der Waals surface area contributed by atoms with Gasteiger partial charge in [-0.2, -0.15) is 0 Å². The number of nitrogens with zero attached hydrogens (tertiary/aromatic N) is 4.